The summed E-state index contributed by atoms with van der Waals surface area (Å²) in [6.45, 7) is 0.0313. The van der Waals surface area contributed by atoms with Crippen LogP contribution in [0.2, 0.25) is 0 Å². The molecule has 1 heterocycles. The first-order valence-corrected chi connectivity index (χ1v) is 12.3. The fraction of sp³-hybridized carbons (Fsp3) is 0.360. The van der Waals surface area contributed by atoms with Crippen molar-refractivity contribution in [1.82, 2.24) is 15.3 Å². The van der Waals surface area contributed by atoms with Gasteiger partial charge in [-0.25, -0.2) is 23.1 Å². The molecule has 7 N–H and O–H groups in total. The lowest BCUT2D eigenvalue weighted by atomic mass is 9.84. The van der Waals surface area contributed by atoms with E-state index in [1.165, 1.54) is 30.5 Å². The van der Waals surface area contributed by atoms with Crippen LogP contribution in [0.1, 0.15) is 54.3 Å². The lowest BCUT2D eigenvalue weighted by Crippen LogP contribution is -2.32. The van der Waals surface area contributed by atoms with Crippen LogP contribution in [0.5, 0.6) is 0 Å². The number of nitrogens with two attached hydrogens (primary N) is 2. The average Bonchev–Trinajstić information content (AvgIpc) is 2.83. The van der Waals surface area contributed by atoms with Crippen molar-refractivity contribution in [3.05, 3.63) is 75.5 Å². The average molecular weight is 566 g/mol. The van der Waals surface area contributed by atoms with E-state index in [1.54, 1.807) is 12.1 Å². The van der Waals surface area contributed by atoms with Crippen LogP contribution < -0.4 is 16.8 Å². The maximum absolute atomic E-state index is 15.1. The molecular weight excluding hydrogens is 539 g/mol. The number of hydrogen-bond acceptors (Lipinski definition) is 7. The molecule has 0 spiro atoms. The quantitative estimate of drug-likeness (QED) is 0.273. The van der Waals surface area contributed by atoms with E-state index >= 15 is 4.39 Å². The lowest BCUT2D eigenvalue weighted by molar-refractivity contribution is 0.0363. The third-order valence-electron chi connectivity index (χ3n) is 6.43. The minimum absolute atomic E-state index is 0.0313. The molecule has 1 aromatic heterocycles. The number of rotatable bonds is 7. The highest BCUT2D eigenvalue weighted by molar-refractivity contribution is 9.10. The number of nitrogens with one attached hydrogen (secondary N) is 1. The first-order valence-electron chi connectivity index (χ1n) is 11.5. The van der Waals surface area contributed by atoms with Gasteiger partial charge in [-0.05, 0) is 49.1 Å². The largest absolute Gasteiger partial charge is 0.390 e. The van der Waals surface area contributed by atoms with Crippen molar-refractivity contribution in [3.8, 4) is 11.3 Å². The summed E-state index contributed by atoms with van der Waals surface area (Å²) in [5, 5.41) is 23.1. The maximum Gasteiger partial charge on any atom is 0.150 e. The zero-order valence-corrected chi connectivity index (χ0v) is 20.8. The van der Waals surface area contributed by atoms with Gasteiger partial charge < -0.3 is 21.7 Å². The van der Waals surface area contributed by atoms with Crippen molar-refractivity contribution in [3.63, 3.8) is 0 Å². The zero-order valence-electron chi connectivity index (χ0n) is 19.2. The number of hydrogen-bond donors (Lipinski definition) is 5. The van der Waals surface area contributed by atoms with Crippen molar-refractivity contribution in [2.24, 2.45) is 5.73 Å². The molecule has 5 atom stereocenters. The van der Waals surface area contributed by atoms with E-state index in [0.717, 1.165) is 0 Å². The van der Waals surface area contributed by atoms with Gasteiger partial charge >= 0.3 is 0 Å². The van der Waals surface area contributed by atoms with Crippen molar-refractivity contribution in [1.29, 1.82) is 0 Å². The highest BCUT2D eigenvalue weighted by atomic mass is 79.9. The Morgan fingerprint density at radius 2 is 1.94 bits per heavy atom. The summed E-state index contributed by atoms with van der Waals surface area (Å²) in [5.74, 6) is -1.35. The summed E-state index contributed by atoms with van der Waals surface area (Å²) in [4.78, 5) is 8.68. The predicted molar refractivity (Wildman–Crippen MR) is 133 cm³/mol. The lowest BCUT2D eigenvalue weighted by Gasteiger charge is -2.28. The summed E-state index contributed by atoms with van der Waals surface area (Å²) in [5.41, 5.74) is 13.4. The van der Waals surface area contributed by atoms with E-state index in [1.807, 2.05) is 0 Å². The molecule has 192 valence electrons. The molecule has 1 saturated carbocycles. The van der Waals surface area contributed by atoms with Gasteiger partial charge in [-0.2, -0.15) is 0 Å². The number of aliphatic hydroxyl groups is 2. The fourth-order valence-corrected chi connectivity index (χ4v) is 4.93. The molecule has 1 aliphatic carbocycles. The summed E-state index contributed by atoms with van der Waals surface area (Å²) >= 11 is 3.22. The molecule has 0 radical (unpaired) electrons. The third-order valence-corrected chi connectivity index (χ3v) is 6.88. The number of benzene rings is 2. The predicted octanol–water partition coefficient (Wildman–Crippen LogP) is 4.01. The van der Waals surface area contributed by atoms with Crippen molar-refractivity contribution in [2.75, 3.05) is 12.3 Å². The van der Waals surface area contributed by atoms with Crippen LogP contribution in [-0.4, -0.2) is 39.0 Å². The molecule has 0 amide bonds. The van der Waals surface area contributed by atoms with E-state index in [4.69, 9.17) is 11.5 Å². The molecule has 11 heteroatoms. The van der Waals surface area contributed by atoms with Crippen LogP contribution in [0.25, 0.3) is 11.3 Å². The molecule has 1 aliphatic rings. The Morgan fingerprint density at radius 1 is 1.17 bits per heavy atom. The second kappa shape index (κ2) is 11.2. The fourth-order valence-electron chi connectivity index (χ4n) is 4.44. The topological polar surface area (TPSA) is 130 Å². The highest BCUT2D eigenvalue weighted by Crippen LogP contribution is 2.35. The first kappa shape index (κ1) is 26.5. The smallest absolute Gasteiger partial charge is 0.150 e. The van der Waals surface area contributed by atoms with Crippen molar-refractivity contribution < 1.29 is 23.4 Å². The normalized spacial score (nSPS) is 21.8. The van der Waals surface area contributed by atoms with Gasteiger partial charge in [0, 0.05) is 34.1 Å². The molecule has 1 unspecified atom stereocenters. The Bertz CT molecular complexity index is 1210. The molecule has 1 fully saturated rings. The number of anilines is 1. The maximum atomic E-state index is 15.1. The van der Waals surface area contributed by atoms with E-state index in [9.17, 15) is 19.0 Å². The Kier molecular flexibility index (Phi) is 8.26. The number of alkyl halides is 1. The van der Waals surface area contributed by atoms with Crippen LogP contribution in [0.4, 0.5) is 19.0 Å². The number of nitrogens with zero attached hydrogens (tertiary/aromatic N) is 2. The van der Waals surface area contributed by atoms with Gasteiger partial charge in [0.1, 0.15) is 35.5 Å². The molecule has 0 aliphatic heterocycles. The number of aromatic nitrogens is 2. The third kappa shape index (κ3) is 5.87. The van der Waals surface area contributed by atoms with Gasteiger partial charge in [0.05, 0.1) is 18.0 Å². The summed E-state index contributed by atoms with van der Waals surface area (Å²) < 4.78 is 43.4. The Morgan fingerprint density at radius 3 is 2.61 bits per heavy atom. The van der Waals surface area contributed by atoms with Crippen LogP contribution in [0.15, 0.2) is 47.1 Å². The molecule has 2 aromatic carbocycles. The Balaban J connectivity index is 1.55. The van der Waals surface area contributed by atoms with Crippen LogP contribution in [0, 0.1) is 11.6 Å². The highest BCUT2D eigenvalue weighted by Gasteiger charge is 2.31. The summed E-state index contributed by atoms with van der Waals surface area (Å²) in [6, 6.07) is 7.72. The SMILES string of the molecule is NC[C@@H](NC(O)c1ccc(-c2nc([C@H]3CC[C@H](O)[C@H](F)C3)cnc2N)cc1F)c1cc(F)cc(Br)c1. The van der Waals surface area contributed by atoms with Crippen LogP contribution in [-0.2, 0) is 0 Å². The second-order valence-corrected chi connectivity index (χ2v) is 9.83. The molecule has 36 heavy (non-hydrogen) atoms. The van der Waals surface area contributed by atoms with Gasteiger partial charge in [-0.1, -0.05) is 28.1 Å². The van der Waals surface area contributed by atoms with Crippen LogP contribution >= 0.6 is 15.9 Å². The molecule has 0 saturated heterocycles. The molecule has 3 aromatic rings. The standard InChI is InChI=1S/C25H27BrF3N5O2/c26-15-5-14(6-16(27)9-15)20(10-30)34-25(36)17-3-1-13(8-18(17)28)23-24(31)32-11-21(33-23)12-2-4-22(35)19(29)7-12/h1,3,5-6,8-9,11-12,19-20,22,25,34-36H,2,4,7,10,30H2,(H2,31,32)/t12-,19+,20+,22-,25?/m0/s1. The Labute approximate surface area is 214 Å². The number of nitrogen functional groups attached to an aromatic ring is 1. The summed E-state index contributed by atoms with van der Waals surface area (Å²) in [7, 11) is 0. The van der Waals surface area contributed by atoms with Crippen LogP contribution in [0.3, 0.4) is 0 Å². The van der Waals surface area contributed by atoms with Crippen molar-refractivity contribution >= 4 is 21.7 Å². The molecule has 4 rings (SSSR count). The summed E-state index contributed by atoms with van der Waals surface area (Å²) in [6.07, 6.45) is -1.29. The van der Waals surface area contributed by atoms with Gasteiger partial charge in [0.25, 0.3) is 0 Å². The first-order chi connectivity index (χ1) is 17.2. The van der Waals surface area contributed by atoms with Gasteiger partial charge in [-0.3, -0.25) is 5.32 Å². The molecule has 7 nitrogen and oxygen atoms in total. The number of halogens is 4. The molecule has 0 bridgehead atoms. The second-order valence-electron chi connectivity index (χ2n) is 8.92. The van der Waals surface area contributed by atoms with E-state index < -0.39 is 36.2 Å². The zero-order chi connectivity index (χ0) is 26.0. The number of aliphatic hydroxyl groups excluding tert-OH is 2. The Hall–Kier alpha value is -2.57. The van der Waals surface area contributed by atoms with Gasteiger partial charge in [0.2, 0.25) is 0 Å². The van der Waals surface area contributed by atoms with E-state index in [-0.39, 0.29) is 36.0 Å². The van der Waals surface area contributed by atoms with E-state index in [2.05, 4.69) is 31.2 Å². The van der Waals surface area contributed by atoms with Gasteiger partial charge in [0.15, 0.2) is 0 Å². The molecular formula is C25H27BrF3N5O2. The van der Waals surface area contributed by atoms with E-state index in [0.29, 0.717) is 34.1 Å². The van der Waals surface area contributed by atoms with Gasteiger partial charge in [-0.15, -0.1) is 0 Å². The minimum Gasteiger partial charge on any atom is -0.390 e. The monoisotopic (exact) mass is 565 g/mol. The minimum atomic E-state index is -1.43. The van der Waals surface area contributed by atoms with Crippen molar-refractivity contribution in [2.45, 2.75) is 49.7 Å².